The largest absolute Gasteiger partial charge is 0.268 e. The van der Waals surface area contributed by atoms with Crippen molar-refractivity contribution in [3.05, 3.63) is 79.0 Å². The number of hydrogen-bond donors (Lipinski definition) is 0. The van der Waals surface area contributed by atoms with E-state index in [4.69, 9.17) is 5.10 Å². The van der Waals surface area contributed by atoms with Crippen molar-refractivity contribution in [3.8, 4) is 22.5 Å². The minimum absolute atomic E-state index is 0.259. The van der Waals surface area contributed by atoms with Gasteiger partial charge in [-0.15, -0.1) is 13.2 Å². The van der Waals surface area contributed by atoms with Gasteiger partial charge in [0.1, 0.15) is 11.5 Å². The summed E-state index contributed by atoms with van der Waals surface area (Å²) < 4.78 is 16.0. The van der Waals surface area contributed by atoms with Gasteiger partial charge in [0.2, 0.25) is 0 Å². The molecule has 0 spiro atoms. The van der Waals surface area contributed by atoms with Crippen LogP contribution in [0.25, 0.3) is 33.4 Å². The van der Waals surface area contributed by atoms with Crippen LogP contribution in [0.15, 0.2) is 61.8 Å². The number of aromatic nitrogens is 4. The summed E-state index contributed by atoms with van der Waals surface area (Å²) in [5, 5.41) is 5.66. The van der Waals surface area contributed by atoms with E-state index in [1.165, 1.54) is 11.8 Å². The SMILES string of the molecule is C=C.Cc1cccc(-c2nn3c(c2-c2ccnc4ccc(F)cc24)CCC3)n1. The van der Waals surface area contributed by atoms with Crippen LogP contribution in [-0.4, -0.2) is 19.7 Å². The molecule has 0 saturated carbocycles. The van der Waals surface area contributed by atoms with E-state index in [-0.39, 0.29) is 5.82 Å². The number of pyridine rings is 2. The maximum Gasteiger partial charge on any atom is 0.123 e. The van der Waals surface area contributed by atoms with Crippen molar-refractivity contribution in [2.75, 3.05) is 0 Å². The van der Waals surface area contributed by atoms with Crippen molar-refractivity contribution in [2.45, 2.75) is 26.3 Å². The van der Waals surface area contributed by atoms with Crippen LogP contribution in [-0.2, 0) is 13.0 Å². The molecular formula is C23H21FN4. The maximum atomic E-state index is 13.9. The Morgan fingerprint density at radius 1 is 1.11 bits per heavy atom. The fourth-order valence-electron chi connectivity index (χ4n) is 3.81. The lowest BCUT2D eigenvalue weighted by Gasteiger charge is -2.09. The minimum atomic E-state index is -0.259. The summed E-state index contributed by atoms with van der Waals surface area (Å²) >= 11 is 0. The molecule has 5 rings (SSSR count). The first-order valence-corrected chi connectivity index (χ1v) is 9.29. The van der Waals surface area contributed by atoms with Gasteiger partial charge in [-0.1, -0.05) is 6.07 Å². The molecule has 3 aromatic heterocycles. The molecule has 0 fully saturated rings. The second-order valence-electron chi connectivity index (χ2n) is 6.68. The molecule has 0 aliphatic carbocycles. The Kier molecular flexibility index (Phi) is 4.74. The highest BCUT2D eigenvalue weighted by atomic mass is 19.1. The summed E-state index contributed by atoms with van der Waals surface area (Å²) in [7, 11) is 0. The van der Waals surface area contributed by atoms with E-state index >= 15 is 0 Å². The Hall–Kier alpha value is -3.34. The Morgan fingerprint density at radius 2 is 1.96 bits per heavy atom. The van der Waals surface area contributed by atoms with Gasteiger partial charge in [0.25, 0.3) is 0 Å². The van der Waals surface area contributed by atoms with Crippen molar-refractivity contribution in [2.24, 2.45) is 0 Å². The zero-order valence-electron chi connectivity index (χ0n) is 15.8. The zero-order valence-corrected chi connectivity index (χ0v) is 15.8. The van der Waals surface area contributed by atoms with Crippen LogP contribution in [0.5, 0.6) is 0 Å². The van der Waals surface area contributed by atoms with Gasteiger partial charge in [0.15, 0.2) is 0 Å². The molecule has 0 amide bonds. The van der Waals surface area contributed by atoms with Gasteiger partial charge in [0.05, 0.1) is 11.2 Å². The highest BCUT2D eigenvalue weighted by Crippen LogP contribution is 2.39. The normalized spacial score (nSPS) is 12.5. The van der Waals surface area contributed by atoms with Gasteiger partial charge < -0.3 is 0 Å². The summed E-state index contributed by atoms with van der Waals surface area (Å²) in [4.78, 5) is 9.07. The van der Waals surface area contributed by atoms with Crippen LogP contribution < -0.4 is 0 Å². The van der Waals surface area contributed by atoms with Crippen molar-refractivity contribution in [1.82, 2.24) is 19.7 Å². The Balaban J connectivity index is 0.000000932. The van der Waals surface area contributed by atoms with Crippen molar-refractivity contribution in [3.63, 3.8) is 0 Å². The number of fused-ring (bicyclic) bond motifs is 2. The van der Waals surface area contributed by atoms with Crippen LogP contribution in [0.1, 0.15) is 17.8 Å². The molecule has 0 atom stereocenters. The molecule has 1 aromatic carbocycles. The zero-order chi connectivity index (χ0) is 19.7. The minimum Gasteiger partial charge on any atom is -0.268 e. The quantitative estimate of drug-likeness (QED) is 0.445. The monoisotopic (exact) mass is 372 g/mol. The molecule has 140 valence electrons. The first-order chi connectivity index (χ1) is 13.7. The van der Waals surface area contributed by atoms with Gasteiger partial charge in [-0.25, -0.2) is 4.39 Å². The molecule has 1 aliphatic rings. The van der Waals surface area contributed by atoms with Crippen LogP contribution in [0.3, 0.4) is 0 Å². The molecule has 5 heteroatoms. The van der Waals surface area contributed by atoms with Gasteiger partial charge in [-0.2, -0.15) is 5.10 Å². The number of hydrogen-bond acceptors (Lipinski definition) is 3. The molecule has 4 heterocycles. The lowest BCUT2D eigenvalue weighted by Crippen LogP contribution is -1.95. The number of halogens is 1. The molecule has 1 aliphatic heterocycles. The fourth-order valence-corrected chi connectivity index (χ4v) is 3.81. The third kappa shape index (κ3) is 2.99. The second kappa shape index (κ2) is 7.35. The number of rotatable bonds is 2. The van der Waals surface area contributed by atoms with Crippen LogP contribution >= 0.6 is 0 Å². The molecule has 0 N–H and O–H groups in total. The second-order valence-corrected chi connectivity index (χ2v) is 6.68. The van der Waals surface area contributed by atoms with Gasteiger partial charge in [-0.3, -0.25) is 14.6 Å². The Labute approximate surface area is 163 Å². The van der Waals surface area contributed by atoms with E-state index in [0.29, 0.717) is 0 Å². The predicted molar refractivity (Wildman–Crippen MR) is 110 cm³/mol. The molecule has 28 heavy (non-hydrogen) atoms. The van der Waals surface area contributed by atoms with E-state index in [0.717, 1.165) is 58.5 Å². The highest BCUT2D eigenvalue weighted by molar-refractivity contribution is 5.98. The molecule has 4 nitrogen and oxygen atoms in total. The lowest BCUT2D eigenvalue weighted by molar-refractivity contribution is 0.629. The smallest absolute Gasteiger partial charge is 0.123 e. The topological polar surface area (TPSA) is 43.6 Å². The summed E-state index contributed by atoms with van der Waals surface area (Å²) in [5.74, 6) is -0.259. The number of nitrogens with zero attached hydrogens (tertiary/aromatic N) is 4. The Morgan fingerprint density at radius 3 is 2.79 bits per heavy atom. The molecule has 4 aromatic rings. The first-order valence-electron chi connectivity index (χ1n) is 9.29. The number of aryl methyl sites for hydroxylation is 2. The fraction of sp³-hybridized carbons (Fsp3) is 0.174. The maximum absolute atomic E-state index is 13.9. The molecule has 0 radical (unpaired) electrons. The molecule has 0 unspecified atom stereocenters. The summed E-state index contributed by atoms with van der Waals surface area (Å²) in [5.41, 5.74) is 6.66. The van der Waals surface area contributed by atoms with E-state index in [2.05, 4.69) is 27.8 Å². The average molecular weight is 372 g/mol. The lowest BCUT2D eigenvalue weighted by atomic mass is 9.96. The molecular weight excluding hydrogens is 351 g/mol. The van der Waals surface area contributed by atoms with Crippen molar-refractivity contribution >= 4 is 10.9 Å². The van der Waals surface area contributed by atoms with Crippen LogP contribution in [0.2, 0.25) is 0 Å². The van der Waals surface area contributed by atoms with Crippen LogP contribution in [0, 0.1) is 12.7 Å². The van der Waals surface area contributed by atoms with E-state index in [1.54, 1.807) is 18.3 Å². The third-order valence-corrected chi connectivity index (χ3v) is 4.95. The third-order valence-electron chi connectivity index (χ3n) is 4.95. The molecule has 0 saturated heterocycles. The van der Waals surface area contributed by atoms with Gasteiger partial charge in [0, 0.05) is 35.1 Å². The average Bonchev–Trinajstić information content (AvgIpc) is 3.30. The summed E-state index contributed by atoms with van der Waals surface area (Å²) in [6.45, 7) is 8.88. The van der Waals surface area contributed by atoms with E-state index in [1.807, 2.05) is 31.2 Å². The van der Waals surface area contributed by atoms with Gasteiger partial charge >= 0.3 is 0 Å². The summed E-state index contributed by atoms with van der Waals surface area (Å²) in [6, 6.07) is 12.6. The Bertz CT molecular complexity index is 1160. The summed E-state index contributed by atoms with van der Waals surface area (Å²) in [6.07, 6.45) is 3.82. The van der Waals surface area contributed by atoms with Gasteiger partial charge in [-0.05, 0) is 61.7 Å². The van der Waals surface area contributed by atoms with E-state index in [9.17, 15) is 4.39 Å². The highest BCUT2D eigenvalue weighted by Gasteiger charge is 2.25. The standard InChI is InChI=1S/C21H17FN4.C2H4/c1-13-4-2-5-18(24-13)21-20(19-6-3-11-26(19)25-21)15-9-10-23-17-8-7-14(22)12-16(15)17;1-2/h2,4-5,7-10,12H,3,6,11H2,1H3;1-2H2. The molecule has 0 bridgehead atoms. The van der Waals surface area contributed by atoms with E-state index < -0.39 is 0 Å². The van der Waals surface area contributed by atoms with Crippen molar-refractivity contribution in [1.29, 1.82) is 0 Å². The first kappa shape index (κ1) is 18.0. The predicted octanol–water partition coefficient (Wildman–Crippen LogP) is 5.36. The van der Waals surface area contributed by atoms with Crippen LogP contribution in [0.4, 0.5) is 4.39 Å². The van der Waals surface area contributed by atoms with Crippen molar-refractivity contribution < 1.29 is 4.39 Å². The number of benzene rings is 1.